The lowest BCUT2D eigenvalue weighted by Crippen LogP contribution is -2.48. The third-order valence-corrected chi connectivity index (χ3v) is 12.6. The van der Waals surface area contributed by atoms with E-state index >= 15 is 0 Å². The highest BCUT2D eigenvalue weighted by atomic mass is 16.6. The second-order valence-corrected chi connectivity index (χ2v) is 18.7. The van der Waals surface area contributed by atoms with Crippen molar-refractivity contribution in [3.63, 3.8) is 0 Å². The van der Waals surface area contributed by atoms with Gasteiger partial charge in [0.05, 0.1) is 12.1 Å². The fourth-order valence-electron chi connectivity index (χ4n) is 7.96. The van der Waals surface area contributed by atoms with E-state index in [0.29, 0.717) is 42.9 Å². The Labute approximate surface area is 391 Å². The molecule has 0 radical (unpaired) electrons. The van der Waals surface area contributed by atoms with Crippen LogP contribution in [0.1, 0.15) is 126 Å². The number of nitrogens with zero attached hydrogens (tertiary/aromatic N) is 3. The van der Waals surface area contributed by atoms with E-state index in [4.69, 9.17) is 10.5 Å². The number of nitrogens with one attached hydrogen (secondary N) is 3. The molecule has 2 rings (SSSR count). The Kier molecular flexibility index (Phi) is 23.8. The summed E-state index contributed by atoms with van der Waals surface area (Å²) >= 11 is 0. The Balaban J connectivity index is 2.05. The van der Waals surface area contributed by atoms with Crippen LogP contribution < -0.4 is 21.7 Å². The summed E-state index contributed by atoms with van der Waals surface area (Å²) in [4.78, 5) is 120. The molecule has 1 unspecified atom stereocenters. The number of rotatable bonds is 29. The van der Waals surface area contributed by atoms with Gasteiger partial charge in [-0.1, -0.05) is 80.4 Å². The lowest BCUT2D eigenvalue weighted by molar-refractivity contribution is -0.142. The first-order valence-electron chi connectivity index (χ1n) is 23.5. The van der Waals surface area contributed by atoms with Crippen molar-refractivity contribution in [3.05, 3.63) is 42.0 Å². The summed E-state index contributed by atoms with van der Waals surface area (Å²) in [7, 11) is 3.30. The van der Waals surface area contributed by atoms with Crippen LogP contribution in [0, 0.1) is 35.5 Å². The minimum Gasteiger partial charge on any atom is -0.445 e. The highest BCUT2D eigenvalue weighted by Gasteiger charge is 2.37. The third-order valence-electron chi connectivity index (χ3n) is 12.6. The van der Waals surface area contributed by atoms with Crippen molar-refractivity contribution >= 4 is 58.9 Å². The minimum atomic E-state index is -0.853. The average Bonchev–Trinajstić information content (AvgIpc) is 3.58. The van der Waals surface area contributed by atoms with Gasteiger partial charge in [-0.25, -0.2) is 9.59 Å². The molecule has 6 atom stereocenters. The summed E-state index contributed by atoms with van der Waals surface area (Å²) in [5.74, 6) is -3.78. The first kappa shape index (κ1) is 56.5. The molecule has 0 spiro atoms. The number of ether oxygens (including phenoxy) is 1. The lowest BCUT2D eigenvalue weighted by atomic mass is 9.84. The quantitative estimate of drug-likeness (QED) is 0.0541. The van der Waals surface area contributed by atoms with Gasteiger partial charge in [-0.3, -0.25) is 38.5 Å². The Hall–Kier alpha value is -5.61. The van der Waals surface area contributed by atoms with Crippen molar-refractivity contribution in [2.45, 2.75) is 145 Å². The van der Waals surface area contributed by atoms with E-state index < -0.39 is 42.0 Å². The molecule has 1 aromatic rings. The van der Waals surface area contributed by atoms with Crippen LogP contribution in [0.5, 0.6) is 0 Å². The summed E-state index contributed by atoms with van der Waals surface area (Å²) in [6.07, 6.45) is 4.84. The van der Waals surface area contributed by atoms with Crippen LogP contribution in [0.25, 0.3) is 0 Å². The maximum Gasteiger partial charge on any atom is 0.410 e. The first-order chi connectivity index (χ1) is 31.0. The number of carbonyl (C=O) groups is 9. The summed E-state index contributed by atoms with van der Waals surface area (Å²) < 4.78 is 5.62. The Morgan fingerprint density at radius 3 is 1.92 bits per heavy atom. The molecule has 5 N–H and O–H groups in total. The Morgan fingerprint density at radius 1 is 0.758 bits per heavy atom. The fourth-order valence-corrected chi connectivity index (χ4v) is 7.96. The molecular formula is C49H77N7O10. The van der Waals surface area contributed by atoms with E-state index in [9.17, 15) is 43.2 Å². The average molecular weight is 924 g/mol. The van der Waals surface area contributed by atoms with Crippen molar-refractivity contribution in [2.75, 3.05) is 32.5 Å². The number of carbonyl (C=O) groups excluding carboxylic acids is 9. The molecule has 1 aromatic carbocycles. The smallest absolute Gasteiger partial charge is 0.410 e. The molecule has 17 nitrogen and oxygen atoms in total. The topological polar surface area (TPSA) is 235 Å². The lowest BCUT2D eigenvalue weighted by Gasteiger charge is -2.35. The second-order valence-electron chi connectivity index (χ2n) is 18.7. The number of imide groups is 1. The first-order valence-corrected chi connectivity index (χ1v) is 23.5. The number of hydrogen-bond donors (Lipinski definition) is 4. The number of likely N-dealkylation sites (N-methyl/N-ethyl adjacent to an activating group) is 1. The van der Waals surface area contributed by atoms with E-state index in [1.165, 1.54) is 24.1 Å². The molecule has 1 heterocycles. The van der Waals surface area contributed by atoms with E-state index in [2.05, 4.69) is 29.8 Å². The molecule has 1 aliphatic heterocycles. The predicted octanol–water partition coefficient (Wildman–Crippen LogP) is 5.99. The van der Waals surface area contributed by atoms with Crippen LogP contribution >= 0.6 is 0 Å². The van der Waals surface area contributed by atoms with Gasteiger partial charge < -0.3 is 36.2 Å². The predicted molar refractivity (Wildman–Crippen MR) is 252 cm³/mol. The Morgan fingerprint density at radius 2 is 1.38 bits per heavy atom. The van der Waals surface area contributed by atoms with Crippen molar-refractivity contribution < 1.29 is 47.9 Å². The number of amides is 8. The minimum absolute atomic E-state index is 0.00696. The normalized spacial score (nSPS) is 15.2. The number of ketones is 2. The number of nitrogens with two attached hydrogens (primary N) is 1. The van der Waals surface area contributed by atoms with Gasteiger partial charge in [-0.15, -0.1) is 0 Å². The fraction of sp³-hybridized carbons (Fsp3) is 0.653. The van der Waals surface area contributed by atoms with Gasteiger partial charge in [0.25, 0.3) is 11.8 Å². The van der Waals surface area contributed by atoms with Gasteiger partial charge in [-0.2, -0.15) is 0 Å². The summed E-state index contributed by atoms with van der Waals surface area (Å²) in [5, 5.41) is 8.17. The van der Waals surface area contributed by atoms with Crippen LogP contribution in [0.2, 0.25) is 0 Å². The van der Waals surface area contributed by atoms with Crippen LogP contribution in [0.15, 0.2) is 36.4 Å². The van der Waals surface area contributed by atoms with Crippen LogP contribution in [-0.4, -0.2) is 113 Å². The number of primary amides is 1. The summed E-state index contributed by atoms with van der Waals surface area (Å²) in [6, 6.07) is 4.24. The van der Waals surface area contributed by atoms with Gasteiger partial charge in [0, 0.05) is 82.2 Å². The van der Waals surface area contributed by atoms with Crippen molar-refractivity contribution in [2.24, 2.45) is 41.2 Å². The van der Waals surface area contributed by atoms with Gasteiger partial charge in [0.15, 0.2) is 11.6 Å². The standard InChI is InChI=1S/C49H77N7O10/c1-12-33(8)34(9)54(10)47(63)38(30(2)3)28-40(58)45(32(6)7)55(11)49(65)66-29-35-19-21-37(22-20-35)52-46(62)36(17-16-25-51-48(50)64)27-39(57)44(31(4)5)53-41(59)18-14-13-15-26-56-42(60)23-24-43(56)61/h19-24,30-34,36,38,44-45H,12-18,25-29H2,1-11H3,(H,52,62)(H,53,59)(H3,50,51,64)/t33-,34+,36+,38?,44-,45-/m0/s1. The second kappa shape index (κ2) is 27.8. The zero-order chi connectivity index (χ0) is 49.8. The SMILES string of the molecule is CC[C@H](C)[C@@H](C)N(C)C(=O)C(CC(=O)[C@H](C(C)C)N(C)C(=O)OCc1ccc(NC(=O)[C@H](CCCNC(N)=O)CC(=O)[C@@H](NC(=O)CCCCCN2C(=O)C=CC2=O)C(C)C)cc1)C(C)C. The van der Waals surface area contributed by atoms with E-state index in [1.54, 1.807) is 50.1 Å². The third kappa shape index (κ3) is 18.0. The number of unbranched alkanes of at least 4 members (excludes halogenated alkanes) is 2. The van der Waals surface area contributed by atoms with Crippen molar-refractivity contribution in [1.82, 2.24) is 25.3 Å². The van der Waals surface area contributed by atoms with Crippen LogP contribution in [-0.2, 0) is 44.9 Å². The molecule has 17 heteroatoms. The molecule has 0 saturated carbocycles. The molecule has 0 bridgehead atoms. The Bertz CT molecular complexity index is 1850. The molecule has 0 aliphatic carbocycles. The zero-order valence-electron chi connectivity index (χ0n) is 41.1. The number of hydrogen-bond acceptors (Lipinski definition) is 10. The molecule has 8 amide bonds. The summed E-state index contributed by atoms with van der Waals surface area (Å²) in [5.41, 5.74) is 6.25. The molecular weight excluding hydrogens is 847 g/mol. The van der Waals surface area contributed by atoms with Crippen LogP contribution in [0.3, 0.4) is 0 Å². The highest BCUT2D eigenvalue weighted by Crippen LogP contribution is 2.26. The molecule has 0 fully saturated rings. The maximum absolute atomic E-state index is 13.8. The van der Waals surface area contributed by atoms with Crippen molar-refractivity contribution in [1.29, 1.82) is 0 Å². The number of anilines is 1. The van der Waals surface area contributed by atoms with Gasteiger partial charge in [0.2, 0.25) is 17.7 Å². The highest BCUT2D eigenvalue weighted by molar-refractivity contribution is 6.12. The maximum atomic E-state index is 13.8. The molecule has 0 saturated heterocycles. The molecule has 1 aliphatic rings. The van der Waals surface area contributed by atoms with Crippen LogP contribution in [0.4, 0.5) is 15.3 Å². The summed E-state index contributed by atoms with van der Waals surface area (Å²) in [6.45, 7) is 17.7. The molecule has 66 heavy (non-hydrogen) atoms. The van der Waals surface area contributed by atoms with Gasteiger partial charge >= 0.3 is 12.1 Å². The molecule has 0 aromatic heterocycles. The number of Topliss-reactive ketones (excluding diaryl/α,β-unsaturated/α-hetero) is 2. The van der Waals surface area contributed by atoms with Crippen molar-refractivity contribution in [3.8, 4) is 0 Å². The van der Waals surface area contributed by atoms with E-state index in [0.717, 1.165) is 11.3 Å². The zero-order valence-corrected chi connectivity index (χ0v) is 41.1. The van der Waals surface area contributed by atoms with Gasteiger partial charge in [0.1, 0.15) is 6.61 Å². The largest absolute Gasteiger partial charge is 0.445 e. The van der Waals surface area contributed by atoms with Gasteiger partial charge in [-0.05, 0) is 74.0 Å². The number of benzene rings is 1. The number of urea groups is 1. The van der Waals surface area contributed by atoms with E-state index in [-0.39, 0.29) is 104 Å². The van der Waals surface area contributed by atoms with E-state index in [1.807, 2.05) is 34.6 Å². The monoisotopic (exact) mass is 924 g/mol. The molecule has 368 valence electrons.